The zero-order valence-corrected chi connectivity index (χ0v) is 41.8. The summed E-state index contributed by atoms with van der Waals surface area (Å²) in [5, 5.41) is 2.77. The van der Waals surface area contributed by atoms with Crippen LogP contribution in [0.25, 0.3) is 72.0 Å². The summed E-state index contributed by atoms with van der Waals surface area (Å²) < 4.78 is 2.73. The van der Waals surface area contributed by atoms with E-state index in [-0.39, 0.29) is 33.9 Å². The van der Waals surface area contributed by atoms with E-state index >= 15 is 0 Å². The Kier molecular flexibility index (Phi) is 7.47. The maximum atomic E-state index is 2.78. The Balaban J connectivity index is 1.23. The summed E-state index contributed by atoms with van der Waals surface area (Å²) in [6.45, 7) is 28.7. The van der Waals surface area contributed by atoms with Gasteiger partial charge in [0.05, 0.1) is 11.0 Å². The molecule has 2 aliphatic heterocycles. The third kappa shape index (κ3) is 4.81. The monoisotopic (exact) mass is 878 g/mol. The number of hydrogen-bond donors (Lipinski definition) is 0. The van der Waals surface area contributed by atoms with Crippen LogP contribution in [0.2, 0.25) is 0 Å². The largest absolute Gasteiger partial charge is 0.376 e. The molecule has 1 aromatic heterocycles. The molecule has 0 radical (unpaired) electrons. The minimum absolute atomic E-state index is 0.0192. The van der Waals surface area contributed by atoms with E-state index in [0.29, 0.717) is 0 Å². The standard InChI is InChI=1S/C65H59BN2/c1-61(2,3)36-25-28-38(29-26-36)68-53-35-50-42(39-19-13-16-22-46(39)64(50,9)10)32-45(53)56-55-41-21-15-18-24-48(41)65(11,12)58(55)57-44-31-37(62(4,5)6)27-30-52(44)67-54-33-43-40-20-14-17-23-47(40)63(7,8)49(43)34-51(54)66(68)59(56)60(57)67/h13-35H,1-12H3. The van der Waals surface area contributed by atoms with Gasteiger partial charge in [0.15, 0.2) is 0 Å². The van der Waals surface area contributed by atoms with Crippen molar-refractivity contribution in [2.24, 2.45) is 0 Å². The van der Waals surface area contributed by atoms with Crippen LogP contribution in [0.3, 0.4) is 0 Å². The summed E-state index contributed by atoms with van der Waals surface area (Å²) >= 11 is 0. The molecule has 3 heteroatoms. The van der Waals surface area contributed by atoms with Gasteiger partial charge in [-0.2, -0.15) is 0 Å². The summed E-state index contributed by atoms with van der Waals surface area (Å²) in [5.74, 6) is 0. The second-order valence-electron chi connectivity index (χ2n) is 24.5. The number of aromatic nitrogens is 1. The molecule has 0 amide bonds. The first-order chi connectivity index (χ1) is 32.3. The van der Waals surface area contributed by atoms with Crippen molar-refractivity contribution in [3.63, 3.8) is 0 Å². The molecule has 0 atom stereocenters. The van der Waals surface area contributed by atoms with E-state index in [2.05, 4.69) is 232 Å². The molecular weight excluding hydrogens is 820 g/mol. The molecular formula is C65H59BN2. The highest BCUT2D eigenvalue weighted by molar-refractivity contribution is 6.94. The zero-order chi connectivity index (χ0) is 46.9. The minimum Gasteiger partial charge on any atom is -0.376 e. The van der Waals surface area contributed by atoms with Gasteiger partial charge in [-0.25, -0.2) is 0 Å². The lowest BCUT2D eigenvalue weighted by atomic mass is 9.43. The Hall–Kier alpha value is -6.58. The predicted molar refractivity (Wildman–Crippen MR) is 290 cm³/mol. The van der Waals surface area contributed by atoms with E-state index in [4.69, 9.17) is 0 Å². The van der Waals surface area contributed by atoms with Crippen LogP contribution in [0.5, 0.6) is 0 Å². The lowest BCUT2D eigenvalue weighted by molar-refractivity contribution is 0.590. The number of benzene rings is 8. The maximum Gasteiger partial charge on any atom is 0.333 e. The average Bonchev–Trinajstić information content (AvgIpc) is 3.93. The van der Waals surface area contributed by atoms with Crippen LogP contribution in [0.4, 0.5) is 11.4 Å². The van der Waals surface area contributed by atoms with Crippen molar-refractivity contribution in [3.05, 3.63) is 184 Å². The Bertz CT molecular complexity index is 3780. The van der Waals surface area contributed by atoms with Crippen molar-refractivity contribution in [1.29, 1.82) is 0 Å². The van der Waals surface area contributed by atoms with Crippen molar-refractivity contribution in [2.75, 3.05) is 4.81 Å². The van der Waals surface area contributed by atoms with Crippen LogP contribution >= 0.6 is 0 Å². The second kappa shape index (κ2) is 12.5. The number of rotatable bonds is 1. The van der Waals surface area contributed by atoms with Crippen LogP contribution < -0.4 is 15.7 Å². The van der Waals surface area contributed by atoms with E-state index in [0.717, 1.165) is 0 Å². The topological polar surface area (TPSA) is 8.17 Å². The molecule has 14 rings (SSSR count). The molecule has 68 heavy (non-hydrogen) atoms. The van der Waals surface area contributed by atoms with Crippen molar-refractivity contribution in [1.82, 2.24) is 4.57 Å². The second-order valence-corrected chi connectivity index (χ2v) is 24.5. The molecule has 0 unspecified atom stereocenters. The van der Waals surface area contributed by atoms with Gasteiger partial charge in [-0.3, -0.25) is 0 Å². The fourth-order valence-electron chi connectivity index (χ4n) is 14.1. The first-order valence-electron chi connectivity index (χ1n) is 25.1. The molecule has 3 aliphatic carbocycles. The van der Waals surface area contributed by atoms with E-state index in [1.54, 1.807) is 0 Å². The average molecular weight is 879 g/mol. The molecule has 5 aliphatic rings. The van der Waals surface area contributed by atoms with Gasteiger partial charge < -0.3 is 9.38 Å². The van der Waals surface area contributed by atoms with Crippen LogP contribution in [-0.4, -0.2) is 11.4 Å². The van der Waals surface area contributed by atoms with Gasteiger partial charge in [-0.1, -0.05) is 180 Å². The fourth-order valence-corrected chi connectivity index (χ4v) is 14.1. The van der Waals surface area contributed by atoms with Crippen LogP contribution in [0.15, 0.2) is 140 Å². The summed E-state index contributed by atoms with van der Waals surface area (Å²) in [4.78, 5) is 2.78. The summed E-state index contributed by atoms with van der Waals surface area (Å²) in [6.07, 6.45) is 0. The highest BCUT2D eigenvalue weighted by atomic mass is 15.1. The Morgan fingerprint density at radius 1 is 0.441 bits per heavy atom. The highest BCUT2D eigenvalue weighted by Gasteiger charge is 2.52. The Morgan fingerprint density at radius 2 is 0.985 bits per heavy atom. The van der Waals surface area contributed by atoms with Gasteiger partial charge in [0.2, 0.25) is 0 Å². The Labute approximate surface area is 402 Å². The highest BCUT2D eigenvalue weighted by Crippen LogP contribution is 2.61. The van der Waals surface area contributed by atoms with Crippen LogP contribution in [0.1, 0.15) is 128 Å². The predicted octanol–water partition coefficient (Wildman–Crippen LogP) is 15.5. The molecule has 0 N–H and O–H groups in total. The smallest absolute Gasteiger partial charge is 0.333 e. The van der Waals surface area contributed by atoms with Crippen LogP contribution in [-0.2, 0) is 27.1 Å². The quantitative estimate of drug-likeness (QED) is 0.149. The van der Waals surface area contributed by atoms with E-state index in [1.165, 1.54) is 139 Å². The molecule has 3 heterocycles. The Morgan fingerprint density at radius 3 is 1.60 bits per heavy atom. The normalized spacial score (nSPS) is 16.8. The molecule has 8 aromatic carbocycles. The lowest BCUT2D eigenvalue weighted by Gasteiger charge is -2.44. The maximum absolute atomic E-state index is 2.78. The minimum atomic E-state index is -0.250. The summed E-state index contributed by atoms with van der Waals surface area (Å²) in [6, 6.07) is 55.3. The SMILES string of the molecule is CC(C)(C)c1ccc(N2B3c4cc5c(cc4-n4c6ccc(C(C)(C)C)cc6c6c7c(c(c3c64)-c3cc4c(cc32)C(C)(C)c2ccccc2-4)-c2ccccc2C7(C)C)-c2ccccc2C5(C)C)cc1. The molecule has 0 spiro atoms. The van der Waals surface area contributed by atoms with Gasteiger partial charge in [-0.05, 0) is 148 Å². The molecule has 332 valence electrons. The van der Waals surface area contributed by atoms with Crippen LogP contribution in [0, 0.1) is 0 Å². The van der Waals surface area contributed by atoms with Gasteiger partial charge in [0.1, 0.15) is 0 Å². The first-order valence-corrected chi connectivity index (χ1v) is 25.1. The van der Waals surface area contributed by atoms with Crippen molar-refractivity contribution in [3.8, 4) is 50.2 Å². The zero-order valence-electron chi connectivity index (χ0n) is 41.8. The summed E-state index contributed by atoms with van der Waals surface area (Å²) in [7, 11) is 0. The van der Waals surface area contributed by atoms with Crippen molar-refractivity contribution >= 4 is 51.0 Å². The summed E-state index contributed by atoms with van der Waals surface area (Å²) in [5.41, 5.74) is 30.9. The molecule has 9 aromatic rings. The van der Waals surface area contributed by atoms with Gasteiger partial charge in [0.25, 0.3) is 0 Å². The third-order valence-electron chi connectivity index (χ3n) is 17.6. The van der Waals surface area contributed by atoms with Gasteiger partial charge in [-0.15, -0.1) is 0 Å². The third-order valence-corrected chi connectivity index (χ3v) is 17.6. The molecule has 0 fully saturated rings. The molecule has 0 bridgehead atoms. The number of hydrogen-bond acceptors (Lipinski definition) is 1. The van der Waals surface area contributed by atoms with Gasteiger partial charge >= 0.3 is 6.85 Å². The lowest BCUT2D eigenvalue weighted by Crippen LogP contribution is -2.61. The van der Waals surface area contributed by atoms with E-state index in [9.17, 15) is 0 Å². The first kappa shape index (κ1) is 40.5. The van der Waals surface area contributed by atoms with Crippen molar-refractivity contribution < 1.29 is 0 Å². The van der Waals surface area contributed by atoms with Crippen molar-refractivity contribution in [2.45, 2.75) is 110 Å². The van der Waals surface area contributed by atoms with Gasteiger partial charge in [0, 0.05) is 49.6 Å². The van der Waals surface area contributed by atoms with E-state index in [1.807, 2.05) is 0 Å². The molecule has 2 nitrogen and oxygen atoms in total. The number of nitrogens with zero attached hydrogens (tertiary/aromatic N) is 2. The number of anilines is 2. The molecule has 0 saturated carbocycles. The fraction of sp³-hybridized carbons (Fsp3) is 0.262. The van der Waals surface area contributed by atoms with E-state index < -0.39 is 0 Å². The number of fused-ring (bicyclic) bond motifs is 19. The molecule has 0 saturated heterocycles.